The molecule has 1 heterocycles. The number of thioether (sulfide) groups is 1. The zero-order valence-corrected chi connectivity index (χ0v) is 16.7. The van der Waals surface area contributed by atoms with Gasteiger partial charge in [0.05, 0.1) is 25.7 Å². The first kappa shape index (κ1) is 18.9. The van der Waals surface area contributed by atoms with Crippen LogP contribution in [0.5, 0.6) is 11.5 Å². The van der Waals surface area contributed by atoms with Gasteiger partial charge in [-0.25, -0.2) is 0 Å². The average molecular weight is 406 g/mol. The van der Waals surface area contributed by atoms with Gasteiger partial charge in [0.15, 0.2) is 17.3 Å². The predicted octanol–water partition coefficient (Wildman–Crippen LogP) is 3.81. The normalized spacial score (nSPS) is 10.8. The van der Waals surface area contributed by atoms with Gasteiger partial charge in [0.2, 0.25) is 5.16 Å². The van der Waals surface area contributed by atoms with Gasteiger partial charge < -0.3 is 9.47 Å². The van der Waals surface area contributed by atoms with E-state index in [1.165, 1.54) is 11.8 Å². The maximum absolute atomic E-state index is 12.7. The minimum atomic E-state index is 0.0163. The Bertz CT molecular complexity index is 1180. The maximum atomic E-state index is 12.7. The molecule has 0 unspecified atom stereocenters. The lowest BCUT2D eigenvalue weighted by Crippen LogP contribution is -2.05. The number of ketones is 1. The Balaban J connectivity index is 1.52. The quantitative estimate of drug-likeness (QED) is 0.341. The third kappa shape index (κ3) is 3.93. The van der Waals surface area contributed by atoms with Crippen molar-refractivity contribution in [2.75, 3.05) is 20.0 Å². The third-order valence-corrected chi connectivity index (χ3v) is 5.38. The Morgan fingerprint density at radius 2 is 1.76 bits per heavy atom. The molecule has 0 aliphatic carbocycles. The van der Waals surface area contributed by atoms with Gasteiger partial charge >= 0.3 is 0 Å². The molecule has 0 saturated carbocycles. The number of fused-ring (bicyclic) bond motifs is 1. The van der Waals surface area contributed by atoms with Crippen LogP contribution >= 0.6 is 11.8 Å². The Labute approximate surface area is 171 Å². The van der Waals surface area contributed by atoms with Crippen LogP contribution in [0.25, 0.3) is 16.5 Å². The van der Waals surface area contributed by atoms with E-state index in [2.05, 4.69) is 15.5 Å². The monoisotopic (exact) mass is 406 g/mol. The first-order chi connectivity index (χ1) is 14.2. The molecule has 4 aromatic rings. The number of carbonyl (C=O) groups is 1. The number of ether oxygens (including phenoxy) is 2. The summed E-state index contributed by atoms with van der Waals surface area (Å²) in [6.07, 6.45) is 0. The van der Waals surface area contributed by atoms with Crippen molar-refractivity contribution in [2.45, 2.75) is 5.16 Å². The molecule has 0 N–H and O–H groups in total. The first-order valence-corrected chi connectivity index (χ1v) is 9.84. The molecular weight excluding hydrogens is 388 g/mol. The van der Waals surface area contributed by atoms with E-state index in [-0.39, 0.29) is 11.5 Å². The molecule has 0 atom stereocenters. The number of tetrazole rings is 1. The van der Waals surface area contributed by atoms with Crippen LogP contribution in [0.2, 0.25) is 0 Å². The maximum Gasteiger partial charge on any atom is 0.214 e. The molecule has 4 rings (SSSR count). The fourth-order valence-corrected chi connectivity index (χ4v) is 3.75. The summed E-state index contributed by atoms with van der Waals surface area (Å²) in [5.41, 5.74) is 1.38. The third-order valence-electron chi connectivity index (χ3n) is 4.46. The molecule has 0 amide bonds. The van der Waals surface area contributed by atoms with Crippen LogP contribution in [0, 0.1) is 0 Å². The van der Waals surface area contributed by atoms with Crippen LogP contribution in [0.1, 0.15) is 10.4 Å². The predicted molar refractivity (Wildman–Crippen MR) is 111 cm³/mol. The first-order valence-electron chi connectivity index (χ1n) is 8.85. The number of hydrogen-bond acceptors (Lipinski definition) is 7. The van der Waals surface area contributed by atoms with Crippen LogP contribution in [0.15, 0.2) is 65.8 Å². The summed E-state index contributed by atoms with van der Waals surface area (Å²) in [6.45, 7) is 0. The summed E-state index contributed by atoms with van der Waals surface area (Å²) in [4.78, 5) is 12.7. The summed E-state index contributed by atoms with van der Waals surface area (Å²) >= 11 is 1.29. The number of Topliss-reactive ketones (excluding diaryl/α,β-unsaturated/α-hetero) is 1. The molecule has 1 aromatic heterocycles. The van der Waals surface area contributed by atoms with Gasteiger partial charge in [0.25, 0.3) is 0 Å². The lowest BCUT2D eigenvalue weighted by molar-refractivity contribution is 0.102. The molecule has 0 bridgehead atoms. The van der Waals surface area contributed by atoms with Gasteiger partial charge in [-0.1, -0.05) is 48.2 Å². The number of methoxy groups -OCH3 is 2. The average Bonchev–Trinajstić information content (AvgIpc) is 3.25. The van der Waals surface area contributed by atoms with Gasteiger partial charge in [0.1, 0.15) is 0 Å². The largest absolute Gasteiger partial charge is 0.493 e. The standard InChI is InChI=1S/C21H18N4O3S/c1-27-19-10-9-17(12-20(19)28-2)25-21(22-23-24-25)29-13-18(26)16-8-7-14-5-3-4-6-15(14)11-16/h3-12H,13H2,1-2H3. The molecule has 29 heavy (non-hydrogen) atoms. The molecule has 0 spiro atoms. The number of benzene rings is 3. The Morgan fingerprint density at radius 3 is 2.55 bits per heavy atom. The fourth-order valence-electron chi connectivity index (χ4n) is 2.96. The van der Waals surface area contributed by atoms with Gasteiger partial charge in [-0.2, -0.15) is 4.68 Å². The molecule has 3 aromatic carbocycles. The van der Waals surface area contributed by atoms with Gasteiger partial charge in [-0.15, -0.1) is 5.10 Å². The van der Waals surface area contributed by atoms with Crippen molar-refractivity contribution in [1.29, 1.82) is 0 Å². The summed E-state index contributed by atoms with van der Waals surface area (Å²) in [7, 11) is 3.15. The highest BCUT2D eigenvalue weighted by Crippen LogP contribution is 2.30. The number of aromatic nitrogens is 4. The van der Waals surface area contributed by atoms with Crippen LogP contribution < -0.4 is 9.47 Å². The van der Waals surface area contributed by atoms with Crippen LogP contribution in [-0.2, 0) is 0 Å². The highest BCUT2D eigenvalue weighted by molar-refractivity contribution is 7.99. The van der Waals surface area contributed by atoms with Gasteiger partial charge in [0, 0.05) is 11.6 Å². The lowest BCUT2D eigenvalue weighted by Gasteiger charge is -2.10. The Morgan fingerprint density at radius 1 is 0.966 bits per heavy atom. The van der Waals surface area contributed by atoms with Gasteiger partial charge in [-0.05, 0) is 39.4 Å². The van der Waals surface area contributed by atoms with E-state index >= 15 is 0 Å². The SMILES string of the molecule is COc1ccc(-n2nnnc2SCC(=O)c2ccc3ccccc3c2)cc1OC. The van der Waals surface area contributed by atoms with E-state index in [0.717, 1.165) is 10.8 Å². The molecule has 0 aliphatic rings. The van der Waals surface area contributed by atoms with Crippen LogP contribution in [-0.4, -0.2) is 46.0 Å². The summed E-state index contributed by atoms with van der Waals surface area (Å²) < 4.78 is 12.2. The molecule has 0 aliphatic heterocycles. The second kappa shape index (κ2) is 8.32. The van der Waals surface area contributed by atoms with E-state index in [9.17, 15) is 4.79 Å². The molecule has 0 fully saturated rings. The smallest absolute Gasteiger partial charge is 0.214 e. The second-order valence-electron chi connectivity index (χ2n) is 6.19. The summed E-state index contributed by atoms with van der Waals surface area (Å²) in [6, 6.07) is 19.1. The number of nitrogens with zero attached hydrogens (tertiary/aromatic N) is 4. The van der Waals surface area contributed by atoms with Crippen molar-refractivity contribution in [2.24, 2.45) is 0 Å². The molecule has 146 valence electrons. The zero-order chi connectivity index (χ0) is 20.2. The molecule has 0 saturated heterocycles. The van der Waals surface area contributed by atoms with Crippen molar-refractivity contribution < 1.29 is 14.3 Å². The van der Waals surface area contributed by atoms with E-state index in [1.807, 2.05) is 48.5 Å². The van der Waals surface area contributed by atoms with Crippen molar-refractivity contribution in [1.82, 2.24) is 20.2 Å². The van der Waals surface area contributed by atoms with Crippen LogP contribution in [0.3, 0.4) is 0 Å². The highest BCUT2D eigenvalue weighted by Gasteiger charge is 2.15. The van der Waals surface area contributed by atoms with Crippen molar-refractivity contribution in [3.63, 3.8) is 0 Å². The second-order valence-corrected chi connectivity index (χ2v) is 7.13. The minimum absolute atomic E-state index is 0.0163. The Kier molecular flexibility index (Phi) is 5.44. The molecular formula is C21H18N4O3S. The van der Waals surface area contributed by atoms with Crippen molar-refractivity contribution >= 4 is 28.3 Å². The lowest BCUT2D eigenvalue weighted by atomic mass is 10.1. The highest BCUT2D eigenvalue weighted by atomic mass is 32.2. The van der Waals surface area contributed by atoms with Crippen molar-refractivity contribution in [3.05, 3.63) is 66.2 Å². The van der Waals surface area contributed by atoms with E-state index < -0.39 is 0 Å². The molecule has 0 radical (unpaired) electrons. The summed E-state index contributed by atoms with van der Waals surface area (Å²) in [5.74, 6) is 1.43. The minimum Gasteiger partial charge on any atom is -0.493 e. The topological polar surface area (TPSA) is 79.1 Å². The number of hydrogen-bond donors (Lipinski definition) is 0. The van der Waals surface area contributed by atoms with Crippen molar-refractivity contribution in [3.8, 4) is 17.2 Å². The van der Waals surface area contributed by atoms with E-state index in [0.29, 0.717) is 27.9 Å². The van der Waals surface area contributed by atoms with Gasteiger partial charge in [-0.3, -0.25) is 4.79 Å². The number of rotatable bonds is 7. The van der Waals surface area contributed by atoms with Crippen LogP contribution in [0.4, 0.5) is 0 Å². The summed E-state index contributed by atoms with van der Waals surface area (Å²) in [5, 5.41) is 14.5. The zero-order valence-electron chi connectivity index (χ0n) is 15.9. The molecule has 8 heteroatoms. The number of carbonyl (C=O) groups excluding carboxylic acids is 1. The van der Waals surface area contributed by atoms with E-state index in [4.69, 9.17) is 9.47 Å². The fraction of sp³-hybridized carbons (Fsp3) is 0.143. The Hall–Kier alpha value is -3.39. The van der Waals surface area contributed by atoms with E-state index in [1.54, 1.807) is 31.0 Å². The molecule has 7 nitrogen and oxygen atoms in total.